The molecule has 5 aromatic rings. The molecule has 0 radical (unpaired) electrons. The molecule has 196 valence electrons. The summed E-state index contributed by atoms with van der Waals surface area (Å²) in [4.78, 5) is 0. The fourth-order valence-corrected chi connectivity index (χ4v) is 5.17. The molecule has 0 saturated carbocycles. The average Bonchev–Trinajstić information content (AvgIpc) is 3.16. The maximum atomic E-state index is 3.65. The predicted molar refractivity (Wildman–Crippen MR) is 167 cm³/mol. The van der Waals surface area contributed by atoms with Crippen LogP contribution in [0, 0.1) is 0 Å². The van der Waals surface area contributed by atoms with Crippen molar-refractivity contribution in [1.29, 1.82) is 0 Å². The van der Waals surface area contributed by atoms with Crippen molar-refractivity contribution in [2.75, 3.05) is 5.32 Å². The molecular formula is C36H42N2. The highest BCUT2D eigenvalue weighted by atomic mass is 15.0. The Labute approximate surface area is 228 Å². The van der Waals surface area contributed by atoms with Crippen LogP contribution in [0.5, 0.6) is 0 Å². The lowest BCUT2D eigenvalue weighted by Gasteiger charge is -2.20. The van der Waals surface area contributed by atoms with Crippen LogP contribution in [0.1, 0.15) is 79.0 Å². The molecule has 0 bridgehead atoms. The molecule has 0 spiro atoms. The van der Waals surface area contributed by atoms with E-state index in [9.17, 15) is 0 Å². The first kappa shape index (κ1) is 26.1. The second kappa shape index (κ2) is 9.05. The third-order valence-electron chi connectivity index (χ3n) is 7.66. The van der Waals surface area contributed by atoms with Gasteiger partial charge in [-0.2, -0.15) is 0 Å². The summed E-state index contributed by atoms with van der Waals surface area (Å²) in [5.41, 5.74) is 10.2. The van der Waals surface area contributed by atoms with Gasteiger partial charge in [0.15, 0.2) is 0 Å². The Morgan fingerprint density at radius 1 is 0.447 bits per heavy atom. The first-order valence-electron chi connectivity index (χ1n) is 13.8. The topological polar surface area (TPSA) is 17.0 Å². The van der Waals surface area contributed by atoms with E-state index in [4.69, 9.17) is 0 Å². The molecule has 1 aromatic heterocycles. The van der Waals surface area contributed by atoms with Gasteiger partial charge in [-0.3, -0.25) is 0 Å². The van der Waals surface area contributed by atoms with Crippen LogP contribution < -0.4 is 5.32 Å². The highest BCUT2D eigenvalue weighted by molar-refractivity contribution is 6.10. The van der Waals surface area contributed by atoms with E-state index in [1.807, 2.05) is 0 Å². The fourth-order valence-electron chi connectivity index (χ4n) is 5.17. The zero-order valence-corrected chi connectivity index (χ0v) is 24.5. The second-order valence-electron chi connectivity index (χ2n) is 13.8. The lowest BCUT2D eigenvalue weighted by atomic mass is 9.86. The molecule has 5 rings (SSSR count). The zero-order chi connectivity index (χ0) is 27.5. The van der Waals surface area contributed by atoms with E-state index in [1.165, 1.54) is 44.2 Å². The maximum absolute atomic E-state index is 3.65. The minimum Gasteiger partial charge on any atom is -0.355 e. The lowest BCUT2D eigenvalue weighted by Crippen LogP contribution is -2.11. The van der Waals surface area contributed by atoms with Gasteiger partial charge in [0.2, 0.25) is 0 Å². The Bertz CT molecular complexity index is 1590. The first-order valence-corrected chi connectivity index (χ1v) is 13.8. The van der Waals surface area contributed by atoms with Crippen LogP contribution in [0.2, 0.25) is 0 Å². The van der Waals surface area contributed by atoms with Gasteiger partial charge in [0.25, 0.3) is 0 Å². The lowest BCUT2D eigenvalue weighted by molar-refractivity contribution is 0.590. The molecular weight excluding hydrogens is 460 g/mol. The van der Waals surface area contributed by atoms with Crippen molar-refractivity contribution in [3.05, 3.63) is 102 Å². The van der Waals surface area contributed by atoms with Crippen molar-refractivity contribution in [2.45, 2.75) is 78.6 Å². The Balaban J connectivity index is 1.66. The monoisotopic (exact) mass is 502 g/mol. The molecule has 0 amide bonds. The third kappa shape index (κ3) is 4.97. The normalized spacial score (nSPS) is 12.9. The number of nitrogens with one attached hydrogen (secondary N) is 1. The highest BCUT2D eigenvalue weighted by Gasteiger charge is 2.19. The van der Waals surface area contributed by atoms with Crippen LogP contribution >= 0.6 is 0 Å². The number of aromatic nitrogens is 1. The van der Waals surface area contributed by atoms with E-state index in [1.54, 1.807) is 0 Å². The zero-order valence-electron chi connectivity index (χ0n) is 24.5. The van der Waals surface area contributed by atoms with E-state index in [2.05, 4.69) is 157 Å². The van der Waals surface area contributed by atoms with Gasteiger partial charge in [-0.15, -0.1) is 0 Å². The average molecular weight is 503 g/mol. The Morgan fingerprint density at radius 3 is 1.50 bits per heavy atom. The molecule has 0 aliphatic rings. The SMILES string of the molecule is CC(C)(C)c1ccc(Nc2ccc3c4cc(C(C)(C)C)ccc4n(-c4ccc(C(C)(C)C)cc4)c3c2)cc1. The van der Waals surface area contributed by atoms with Crippen LogP contribution in [0.3, 0.4) is 0 Å². The number of fused-ring (bicyclic) bond motifs is 3. The van der Waals surface area contributed by atoms with Gasteiger partial charge in [-0.1, -0.05) is 98.7 Å². The Kier molecular flexibility index (Phi) is 6.21. The van der Waals surface area contributed by atoms with E-state index in [0.29, 0.717) is 0 Å². The van der Waals surface area contributed by atoms with Crippen LogP contribution in [-0.2, 0) is 16.2 Å². The van der Waals surface area contributed by atoms with Gasteiger partial charge in [0.05, 0.1) is 11.0 Å². The van der Waals surface area contributed by atoms with Crippen LogP contribution in [0.25, 0.3) is 27.5 Å². The van der Waals surface area contributed by atoms with E-state index < -0.39 is 0 Å². The van der Waals surface area contributed by atoms with Gasteiger partial charge >= 0.3 is 0 Å². The molecule has 1 heterocycles. The standard InChI is InChI=1S/C36H42N2/c1-34(2,3)24-10-15-27(16-11-24)37-28-17-20-30-31-22-26(36(7,8)9)14-21-32(31)38(33(30)23-28)29-18-12-25(13-19-29)35(4,5)6/h10-23,37H,1-9H3. The molecule has 4 aromatic carbocycles. The summed E-state index contributed by atoms with van der Waals surface area (Å²) < 4.78 is 2.41. The molecule has 2 nitrogen and oxygen atoms in total. The molecule has 0 unspecified atom stereocenters. The van der Waals surface area contributed by atoms with Crippen molar-refractivity contribution in [2.24, 2.45) is 0 Å². The van der Waals surface area contributed by atoms with Crippen LogP contribution in [0.15, 0.2) is 84.9 Å². The molecule has 0 aliphatic carbocycles. The third-order valence-corrected chi connectivity index (χ3v) is 7.66. The van der Waals surface area contributed by atoms with E-state index >= 15 is 0 Å². The maximum Gasteiger partial charge on any atom is 0.0561 e. The van der Waals surface area contributed by atoms with E-state index in [-0.39, 0.29) is 16.2 Å². The van der Waals surface area contributed by atoms with Gasteiger partial charge in [-0.25, -0.2) is 0 Å². The number of hydrogen-bond acceptors (Lipinski definition) is 1. The largest absolute Gasteiger partial charge is 0.355 e. The summed E-state index contributed by atoms with van der Waals surface area (Å²) in [5, 5.41) is 6.23. The van der Waals surface area contributed by atoms with Gasteiger partial charge in [-0.05, 0) is 81.5 Å². The number of rotatable bonds is 3. The quantitative estimate of drug-likeness (QED) is 0.260. The van der Waals surface area contributed by atoms with Gasteiger partial charge in [0, 0.05) is 27.8 Å². The summed E-state index contributed by atoms with van der Waals surface area (Å²) in [6.45, 7) is 20.4. The molecule has 2 heteroatoms. The molecule has 0 atom stereocenters. The number of hydrogen-bond donors (Lipinski definition) is 1. The number of anilines is 2. The second-order valence-corrected chi connectivity index (χ2v) is 13.8. The van der Waals surface area contributed by atoms with Crippen LogP contribution in [0.4, 0.5) is 11.4 Å². The van der Waals surface area contributed by atoms with Gasteiger partial charge in [0.1, 0.15) is 0 Å². The Morgan fingerprint density at radius 2 is 0.947 bits per heavy atom. The fraction of sp³-hybridized carbons (Fsp3) is 0.333. The minimum absolute atomic E-state index is 0.0949. The summed E-state index contributed by atoms with van der Waals surface area (Å²) in [7, 11) is 0. The van der Waals surface area contributed by atoms with Crippen molar-refractivity contribution < 1.29 is 0 Å². The summed E-state index contributed by atoms with van der Waals surface area (Å²) in [6.07, 6.45) is 0. The Hall–Kier alpha value is -3.52. The summed E-state index contributed by atoms with van der Waals surface area (Å²) >= 11 is 0. The van der Waals surface area contributed by atoms with Crippen molar-refractivity contribution >= 4 is 33.2 Å². The highest BCUT2D eigenvalue weighted by Crippen LogP contribution is 2.37. The minimum atomic E-state index is 0.0949. The molecule has 0 fully saturated rings. The summed E-state index contributed by atoms with van der Waals surface area (Å²) in [5.74, 6) is 0. The van der Waals surface area contributed by atoms with Gasteiger partial charge < -0.3 is 9.88 Å². The molecule has 1 N–H and O–H groups in total. The van der Waals surface area contributed by atoms with Crippen molar-refractivity contribution in [3.63, 3.8) is 0 Å². The van der Waals surface area contributed by atoms with Crippen LogP contribution in [-0.4, -0.2) is 4.57 Å². The first-order chi connectivity index (χ1) is 17.7. The molecule has 38 heavy (non-hydrogen) atoms. The van der Waals surface area contributed by atoms with Crippen molar-refractivity contribution in [1.82, 2.24) is 4.57 Å². The molecule has 0 aliphatic heterocycles. The van der Waals surface area contributed by atoms with Crippen molar-refractivity contribution in [3.8, 4) is 5.69 Å². The smallest absolute Gasteiger partial charge is 0.0561 e. The summed E-state index contributed by atoms with van der Waals surface area (Å²) in [6, 6.07) is 31.6. The predicted octanol–water partition coefficient (Wildman–Crippen LogP) is 10.4. The van der Waals surface area contributed by atoms with E-state index in [0.717, 1.165) is 11.4 Å². The number of benzene rings is 4. The molecule has 0 saturated heterocycles. The number of nitrogens with zero attached hydrogens (tertiary/aromatic N) is 1.